The molecule has 0 saturated carbocycles. The van der Waals surface area contributed by atoms with Gasteiger partial charge in [0.15, 0.2) is 5.75 Å². The minimum Gasteiger partial charge on any atom is -0.490 e. The summed E-state index contributed by atoms with van der Waals surface area (Å²) in [5, 5.41) is 1.13. The molecule has 1 rings (SSSR count). The van der Waals surface area contributed by atoms with E-state index in [2.05, 4.69) is 6.58 Å². The van der Waals surface area contributed by atoms with E-state index in [9.17, 15) is 4.79 Å². The molecule has 0 amide bonds. The number of hydrogen-bond donors (Lipinski definition) is 0. The average Bonchev–Trinajstić information content (AvgIpc) is 2.30. The molecule has 0 heterocycles. The van der Waals surface area contributed by atoms with Crippen LogP contribution in [0.1, 0.15) is 13.3 Å². The smallest absolute Gasteiger partial charge is 0.333 e. The summed E-state index contributed by atoms with van der Waals surface area (Å²) in [7, 11) is 0. The minimum absolute atomic E-state index is 0.245. The lowest BCUT2D eigenvalue weighted by molar-refractivity contribution is -0.139. The van der Waals surface area contributed by atoms with E-state index in [0.29, 0.717) is 39.4 Å². The van der Waals surface area contributed by atoms with Gasteiger partial charge in [-0.1, -0.05) is 41.4 Å². The topological polar surface area (TPSA) is 35.5 Å². The van der Waals surface area contributed by atoms with Crippen LogP contribution in [0.2, 0.25) is 15.1 Å². The summed E-state index contributed by atoms with van der Waals surface area (Å²) in [6, 6.07) is 3.09. The molecule has 0 fully saturated rings. The summed E-state index contributed by atoms with van der Waals surface area (Å²) in [6.07, 6.45) is 0.522. The quantitative estimate of drug-likeness (QED) is 0.438. The van der Waals surface area contributed by atoms with Gasteiger partial charge in [0, 0.05) is 17.0 Å². The van der Waals surface area contributed by atoms with Gasteiger partial charge in [-0.05, 0) is 19.1 Å². The van der Waals surface area contributed by atoms with Gasteiger partial charge in [0.1, 0.15) is 0 Å². The molecule has 104 valence electrons. The predicted molar refractivity (Wildman–Crippen MR) is 77.4 cm³/mol. The largest absolute Gasteiger partial charge is 0.490 e. The van der Waals surface area contributed by atoms with Crippen LogP contribution in [0.25, 0.3) is 0 Å². The van der Waals surface area contributed by atoms with E-state index in [-0.39, 0.29) is 6.61 Å². The van der Waals surface area contributed by atoms with Crippen LogP contribution in [0.4, 0.5) is 0 Å². The highest BCUT2D eigenvalue weighted by Crippen LogP contribution is 2.35. The van der Waals surface area contributed by atoms with Gasteiger partial charge in [-0.25, -0.2) is 4.79 Å². The molecule has 0 aliphatic heterocycles. The number of ether oxygens (including phenoxy) is 2. The van der Waals surface area contributed by atoms with Gasteiger partial charge in [-0.2, -0.15) is 0 Å². The molecule has 0 aromatic heterocycles. The molecule has 3 nitrogen and oxygen atoms in total. The molecule has 1 aromatic rings. The Balaban J connectivity index is 2.38. The zero-order valence-electron chi connectivity index (χ0n) is 10.3. The molecule has 6 heteroatoms. The van der Waals surface area contributed by atoms with Crippen LogP contribution in [-0.4, -0.2) is 19.2 Å². The lowest BCUT2D eigenvalue weighted by atomic mass is 10.3. The maximum absolute atomic E-state index is 11.1. The molecule has 0 radical (unpaired) electrons. The summed E-state index contributed by atoms with van der Waals surface area (Å²) in [5.41, 5.74) is 0.365. The number of halogens is 3. The molecular formula is C13H13Cl3O3. The van der Waals surface area contributed by atoms with Gasteiger partial charge in [0.2, 0.25) is 0 Å². The van der Waals surface area contributed by atoms with Crippen molar-refractivity contribution < 1.29 is 14.3 Å². The van der Waals surface area contributed by atoms with E-state index in [1.54, 1.807) is 19.1 Å². The minimum atomic E-state index is -0.414. The van der Waals surface area contributed by atoms with Crippen LogP contribution in [0.15, 0.2) is 24.3 Å². The van der Waals surface area contributed by atoms with E-state index in [1.165, 1.54) is 0 Å². The lowest BCUT2D eigenvalue weighted by Gasteiger charge is -2.10. The van der Waals surface area contributed by atoms with Gasteiger partial charge in [0.05, 0.1) is 23.3 Å². The van der Waals surface area contributed by atoms with Gasteiger partial charge < -0.3 is 9.47 Å². The Hall–Kier alpha value is -0.900. The van der Waals surface area contributed by atoms with E-state index in [4.69, 9.17) is 44.3 Å². The monoisotopic (exact) mass is 322 g/mol. The molecular weight excluding hydrogens is 310 g/mol. The Labute approximate surface area is 127 Å². The van der Waals surface area contributed by atoms with Crippen molar-refractivity contribution in [3.8, 4) is 5.75 Å². The first kappa shape index (κ1) is 16.2. The average molecular weight is 324 g/mol. The van der Waals surface area contributed by atoms with Gasteiger partial charge in [-0.15, -0.1) is 0 Å². The van der Waals surface area contributed by atoms with Crippen LogP contribution in [0, 0.1) is 0 Å². The summed E-state index contributed by atoms with van der Waals surface area (Å²) < 4.78 is 10.3. The summed E-state index contributed by atoms with van der Waals surface area (Å²) in [5.74, 6) is -0.0403. The fourth-order valence-corrected chi connectivity index (χ4v) is 2.11. The van der Waals surface area contributed by atoms with Crippen molar-refractivity contribution in [3.63, 3.8) is 0 Å². The summed E-state index contributed by atoms with van der Waals surface area (Å²) in [6.45, 7) is 5.64. The van der Waals surface area contributed by atoms with Crippen LogP contribution in [-0.2, 0) is 9.53 Å². The van der Waals surface area contributed by atoms with Gasteiger partial charge >= 0.3 is 5.97 Å². The van der Waals surface area contributed by atoms with E-state index < -0.39 is 5.97 Å². The lowest BCUT2D eigenvalue weighted by Crippen LogP contribution is -2.09. The molecule has 0 atom stereocenters. The fourth-order valence-electron chi connectivity index (χ4n) is 1.19. The second-order valence-electron chi connectivity index (χ2n) is 3.82. The Kier molecular flexibility index (Phi) is 6.49. The molecule has 0 saturated heterocycles. The van der Waals surface area contributed by atoms with Crippen molar-refractivity contribution in [2.75, 3.05) is 13.2 Å². The molecule has 0 aliphatic rings. The Morgan fingerprint density at radius 2 is 1.79 bits per heavy atom. The van der Waals surface area contributed by atoms with Crippen LogP contribution >= 0.6 is 34.8 Å². The Morgan fingerprint density at radius 3 is 2.32 bits per heavy atom. The first-order valence-corrected chi connectivity index (χ1v) is 6.65. The molecule has 19 heavy (non-hydrogen) atoms. The third-order valence-electron chi connectivity index (χ3n) is 2.08. The van der Waals surface area contributed by atoms with E-state index in [0.717, 1.165) is 0 Å². The van der Waals surface area contributed by atoms with Crippen molar-refractivity contribution >= 4 is 40.8 Å². The third-order valence-corrected chi connectivity index (χ3v) is 2.86. The first-order valence-electron chi connectivity index (χ1n) is 5.51. The maximum atomic E-state index is 11.1. The van der Waals surface area contributed by atoms with Crippen molar-refractivity contribution in [2.45, 2.75) is 13.3 Å². The highest BCUT2D eigenvalue weighted by atomic mass is 35.5. The van der Waals surface area contributed by atoms with Crippen molar-refractivity contribution in [3.05, 3.63) is 39.4 Å². The van der Waals surface area contributed by atoms with Gasteiger partial charge in [0.25, 0.3) is 0 Å². The van der Waals surface area contributed by atoms with Crippen LogP contribution < -0.4 is 4.74 Å². The second-order valence-corrected chi connectivity index (χ2v) is 5.07. The SMILES string of the molecule is C=C(C)C(=O)OCCCOc1c(Cl)cc(Cl)cc1Cl. The van der Waals surface area contributed by atoms with Crippen molar-refractivity contribution in [2.24, 2.45) is 0 Å². The normalized spacial score (nSPS) is 10.1. The Morgan fingerprint density at radius 1 is 1.21 bits per heavy atom. The maximum Gasteiger partial charge on any atom is 0.333 e. The first-order chi connectivity index (χ1) is 8.91. The second kappa shape index (κ2) is 7.63. The standard InChI is InChI=1S/C13H13Cl3O3/c1-8(2)13(17)19-5-3-4-18-12-10(15)6-9(14)7-11(12)16/h6-7H,1,3-5H2,2H3. The number of esters is 1. The van der Waals surface area contributed by atoms with Crippen molar-refractivity contribution in [1.29, 1.82) is 0 Å². The number of carbonyl (C=O) groups excluding carboxylic acids is 1. The van der Waals surface area contributed by atoms with Crippen molar-refractivity contribution in [1.82, 2.24) is 0 Å². The molecule has 0 aliphatic carbocycles. The van der Waals surface area contributed by atoms with E-state index in [1.807, 2.05) is 0 Å². The molecule has 0 N–H and O–H groups in total. The molecule has 0 spiro atoms. The van der Waals surface area contributed by atoms with E-state index >= 15 is 0 Å². The van der Waals surface area contributed by atoms with Crippen LogP contribution in [0.5, 0.6) is 5.75 Å². The zero-order valence-corrected chi connectivity index (χ0v) is 12.6. The molecule has 1 aromatic carbocycles. The summed E-state index contributed by atoms with van der Waals surface area (Å²) in [4.78, 5) is 11.1. The number of hydrogen-bond acceptors (Lipinski definition) is 3. The highest BCUT2D eigenvalue weighted by molar-refractivity contribution is 6.40. The molecule has 0 unspecified atom stereocenters. The number of carbonyl (C=O) groups is 1. The fraction of sp³-hybridized carbons (Fsp3) is 0.308. The summed E-state index contributed by atoms with van der Waals surface area (Å²) >= 11 is 17.7. The number of rotatable bonds is 6. The zero-order chi connectivity index (χ0) is 14.4. The predicted octanol–water partition coefficient (Wildman–Crippen LogP) is 4.54. The molecule has 0 bridgehead atoms. The third kappa shape index (κ3) is 5.31. The van der Waals surface area contributed by atoms with Crippen LogP contribution in [0.3, 0.4) is 0 Å². The number of benzene rings is 1. The Bertz CT molecular complexity index is 463. The van der Waals surface area contributed by atoms with Gasteiger partial charge in [-0.3, -0.25) is 0 Å². The highest BCUT2D eigenvalue weighted by Gasteiger charge is 2.09.